The van der Waals surface area contributed by atoms with Gasteiger partial charge >= 0.3 is 0 Å². The number of rotatable bonds is 3. The van der Waals surface area contributed by atoms with E-state index in [1.165, 1.54) is 25.9 Å². The summed E-state index contributed by atoms with van der Waals surface area (Å²) in [4.78, 5) is 2.45. The molecule has 4 nitrogen and oxygen atoms in total. The van der Waals surface area contributed by atoms with E-state index in [9.17, 15) is 0 Å². The molecule has 1 aliphatic rings. The van der Waals surface area contributed by atoms with Crippen LogP contribution in [0.3, 0.4) is 0 Å². The Hall–Kier alpha value is -1.42. The number of benzene rings is 1. The molecule has 1 aliphatic heterocycles. The topological polar surface area (TPSA) is 81.3 Å². The predicted molar refractivity (Wildman–Crippen MR) is 69.1 cm³/mol. The highest BCUT2D eigenvalue weighted by Crippen LogP contribution is 2.26. The van der Waals surface area contributed by atoms with Crippen molar-refractivity contribution in [3.05, 3.63) is 17.7 Å². The lowest BCUT2D eigenvalue weighted by atomic mass is 10.1. The second-order valence-electron chi connectivity index (χ2n) is 4.43. The molecule has 4 heteroatoms. The number of hydrogen-bond donors (Lipinski definition) is 3. The Morgan fingerprint density at radius 1 is 1.00 bits per heavy atom. The van der Waals surface area contributed by atoms with Gasteiger partial charge in [0.05, 0.1) is 11.4 Å². The summed E-state index contributed by atoms with van der Waals surface area (Å²) in [7, 11) is 0. The van der Waals surface area contributed by atoms with Gasteiger partial charge in [0, 0.05) is 17.8 Å². The van der Waals surface area contributed by atoms with E-state index in [4.69, 9.17) is 17.2 Å². The fraction of sp³-hybridized carbons (Fsp3) is 0.500. The quantitative estimate of drug-likeness (QED) is 0.666. The number of hydrogen-bond acceptors (Lipinski definition) is 4. The Morgan fingerprint density at radius 2 is 1.62 bits per heavy atom. The van der Waals surface area contributed by atoms with Crippen LogP contribution in [-0.2, 0) is 6.42 Å². The zero-order chi connectivity index (χ0) is 11.5. The van der Waals surface area contributed by atoms with Gasteiger partial charge in [-0.1, -0.05) is 0 Å². The number of nitrogen functional groups attached to an aromatic ring is 3. The molecule has 0 amide bonds. The van der Waals surface area contributed by atoms with Crippen LogP contribution in [0.25, 0.3) is 0 Å². The maximum absolute atomic E-state index is 5.94. The van der Waals surface area contributed by atoms with Gasteiger partial charge in [0.25, 0.3) is 0 Å². The molecule has 16 heavy (non-hydrogen) atoms. The first-order valence-corrected chi connectivity index (χ1v) is 5.83. The molecular weight excluding hydrogens is 200 g/mol. The van der Waals surface area contributed by atoms with Crippen molar-refractivity contribution in [2.75, 3.05) is 36.8 Å². The van der Waals surface area contributed by atoms with E-state index in [2.05, 4.69) is 4.90 Å². The fourth-order valence-electron chi connectivity index (χ4n) is 2.25. The van der Waals surface area contributed by atoms with Gasteiger partial charge in [-0.3, -0.25) is 0 Å². The van der Waals surface area contributed by atoms with E-state index in [1.54, 1.807) is 6.07 Å². The number of anilines is 3. The molecule has 1 saturated heterocycles. The SMILES string of the molecule is Nc1ccc(N)c(CCN2CCCC2)c1N. The highest BCUT2D eigenvalue weighted by Gasteiger charge is 2.13. The van der Waals surface area contributed by atoms with Gasteiger partial charge in [0.15, 0.2) is 0 Å². The molecule has 1 heterocycles. The van der Waals surface area contributed by atoms with E-state index >= 15 is 0 Å². The van der Waals surface area contributed by atoms with Crippen LogP contribution in [0.5, 0.6) is 0 Å². The summed E-state index contributed by atoms with van der Waals surface area (Å²) >= 11 is 0. The van der Waals surface area contributed by atoms with Gasteiger partial charge in [-0.2, -0.15) is 0 Å². The van der Waals surface area contributed by atoms with E-state index in [-0.39, 0.29) is 0 Å². The summed E-state index contributed by atoms with van der Waals surface area (Å²) in [5.41, 5.74) is 20.7. The van der Waals surface area contributed by atoms with E-state index in [0.29, 0.717) is 11.4 Å². The molecule has 1 aromatic carbocycles. The average molecular weight is 220 g/mol. The highest BCUT2D eigenvalue weighted by atomic mass is 15.1. The number of nitrogens with zero attached hydrogens (tertiary/aromatic N) is 1. The van der Waals surface area contributed by atoms with E-state index in [1.807, 2.05) is 6.07 Å². The monoisotopic (exact) mass is 220 g/mol. The van der Waals surface area contributed by atoms with Crippen LogP contribution < -0.4 is 17.2 Å². The third-order valence-electron chi connectivity index (χ3n) is 3.30. The summed E-state index contributed by atoms with van der Waals surface area (Å²) in [5.74, 6) is 0. The molecule has 1 fully saturated rings. The average Bonchev–Trinajstić information content (AvgIpc) is 2.77. The first kappa shape index (κ1) is 11.1. The third-order valence-corrected chi connectivity index (χ3v) is 3.30. The summed E-state index contributed by atoms with van der Waals surface area (Å²) in [5, 5.41) is 0. The van der Waals surface area contributed by atoms with Crippen LogP contribution in [0.1, 0.15) is 18.4 Å². The van der Waals surface area contributed by atoms with Crippen molar-refractivity contribution < 1.29 is 0 Å². The Bertz CT molecular complexity index is 370. The summed E-state index contributed by atoms with van der Waals surface area (Å²) < 4.78 is 0. The van der Waals surface area contributed by atoms with Crippen molar-refractivity contribution >= 4 is 17.1 Å². The van der Waals surface area contributed by atoms with Crippen molar-refractivity contribution in [2.45, 2.75) is 19.3 Å². The van der Waals surface area contributed by atoms with Gasteiger partial charge in [-0.05, 0) is 44.5 Å². The smallest absolute Gasteiger partial charge is 0.0601 e. The summed E-state index contributed by atoms with van der Waals surface area (Å²) in [6, 6.07) is 3.61. The van der Waals surface area contributed by atoms with Crippen LogP contribution in [0.4, 0.5) is 17.1 Å². The van der Waals surface area contributed by atoms with Crippen LogP contribution >= 0.6 is 0 Å². The van der Waals surface area contributed by atoms with Gasteiger partial charge in [0.1, 0.15) is 0 Å². The summed E-state index contributed by atoms with van der Waals surface area (Å²) in [6.45, 7) is 3.42. The van der Waals surface area contributed by atoms with Crippen molar-refractivity contribution in [3.63, 3.8) is 0 Å². The molecule has 0 atom stereocenters. The van der Waals surface area contributed by atoms with Crippen LogP contribution in [0, 0.1) is 0 Å². The van der Waals surface area contributed by atoms with Crippen molar-refractivity contribution in [3.8, 4) is 0 Å². The number of nitrogens with two attached hydrogens (primary N) is 3. The molecule has 0 aliphatic carbocycles. The molecular formula is C12H20N4. The second-order valence-corrected chi connectivity index (χ2v) is 4.43. The maximum atomic E-state index is 5.94. The number of likely N-dealkylation sites (tertiary alicyclic amines) is 1. The lowest BCUT2D eigenvalue weighted by Gasteiger charge is -2.17. The molecule has 1 aromatic rings. The fourth-order valence-corrected chi connectivity index (χ4v) is 2.25. The van der Waals surface area contributed by atoms with Gasteiger partial charge < -0.3 is 22.1 Å². The lowest BCUT2D eigenvalue weighted by Crippen LogP contribution is -2.22. The largest absolute Gasteiger partial charge is 0.398 e. The molecule has 2 rings (SSSR count). The van der Waals surface area contributed by atoms with Crippen molar-refractivity contribution in [1.82, 2.24) is 4.90 Å². The highest BCUT2D eigenvalue weighted by molar-refractivity contribution is 5.74. The first-order chi connectivity index (χ1) is 7.68. The maximum Gasteiger partial charge on any atom is 0.0601 e. The van der Waals surface area contributed by atoms with Gasteiger partial charge in [-0.25, -0.2) is 0 Å². The van der Waals surface area contributed by atoms with Crippen LogP contribution in [-0.4, -0.2) is 24.5 Å². The van der Waals surface area contributed by atoms with E-state index in [0.717, 1.165) is 24.2 Å². The molecule has 0 bridgehead atoms. The van der Waals surface area contributed by atoms with Gasteiger partial charge in [-0.15, -0.1) is 0 Å². The molecule has 6 N–H and O–H groups in total. The summed E-state index contributed by atoms with van der Waals surface area (Å²) in [6.07, 6.45) is 3.51. The normalized spacial score (nSPS) is 16.8. The Labute approximate surface area is 96.4 Å². The van der Waals surface area contributed by atoms with Crippen LogP contribution in [0.15, 0.2) is 12.1 Å². The standard InChI is InChI=1S/C12H20N4/c13-10-3-4-11(14)12(15)9(10)5-8-16-6-1-2-7-16/h3-4H,1-2,5-8,13-15H2. The Kier molecular flexibility index (Phi) is 3.19. The zero-order valence-electron chi connectivity index (χ0n) is 9.58. The minimum atomic E-state index is 0.630. The minimum absolute atomic E-state index is 0.630. The van der Waals surface area contributed by atoms with Gasteiger partial charge in [0.2, 0.25) is 0 Å². The third kappa shape index (κ3) is 2.22. The molecule has 0 aromatic heterocycles. The lowest BCUT2D eigenvalue weighted by molar-refractivity contribution is 0.344. The van der Waals surface area contributed by atoms with Crippen molar-refractivity contribution in [1.29, 1.82) is 0 Å². The zero-order valence-corrected chi connectivity index (χ0v) is 9.58. The molecule has 88 valence electrons. The van der Waals surface area contributed by atoms with Crippen LogP contribution in [0.2, 0.25) is 0 Å². The Morgan fingerprint density at radius 3 is 2.31 bits per heavy atom. The predicted octanol–water partition coefficient (Wildman–Crippen LogP) is 1.07. The molecule has 0 unspecified atom stereocenters. The minimum Gasteiger partial charge on any atom is -0.398 e. The first-order valence-electron chi connectivity index (χ1n) is 5.83. The molecule has 0 saturated carbocycles. The molecule has 0 radical (unpaired) electrons. The van der Waals surface area contributed by atoms with Crippen molar-refractivity contribution in [2.24, 2.45) is 0 Å². The Balaban J connectivity index is 2.05. The van der Waals surface area contributed by atoms with E-state index < -0.39 is 0 Å². The second kappa shape index (κ2) is 4.61. The molecule has 0 spiro atoms.